The number of piperazine rings is 1. The van der Waals surface area contributed by atoms with Gasteiger partial charge in [-0.15, -0.1) is 0 Å². The number of benzene rings is 2. The number of fused-ring (bicyclic) bond motifs is 1. The lowest BCUT2D eigenvalue weighted by molar-refractivity contribution is -0.140. The molecular formula is C25H27ClF3N3O3S. The number of hydrogen-bond donors (Lipinski definition) is 0. The largest absolute Gasteiger partial charge is 0.491 e. The van der Waals surface area contributed by atoms with Gasteiger partial charge in [-0.1, -0.05) is 29.0 Å². The summed E-state index contributed by atoms with van der Waals surface area (Å²) in [6, 6.07) is 9.13. The van der Waals surface area contributed by atoms with Gasteiger partial charge in [0.15, 0.2) is 5.13 Å². The lowest BCUT2D eigenvalue weighted by Crippen LogP contribution is -2.57. The Hall–Kier alpha value is -2.56. The molecule has 6 nitrogen and oxygen atoms in total. The lowest BCUT2D eigenvalue weighted by atomic mass is 10.1. The fourth-order valence-corrected chi connectivity index (χ4v) is 5.87. The number of thiazole rings is 1. The fourth-order valence-electron chi connectivity index (χ4n) is 4.48. The molecule has 1 aliphatic rings. The topological polar surface area (TPSA) is 54.9 Å². The number of methoxy groups -OCH3 is 1. The number of alkyl halides is 3. The monoisotopic (exact) mass is 541 g/mol. The van der Waals surface area contributed by atoms with Gasteiger partial charge in [-0.3, -0.25) is 9.69 Å². The Morgan fingerprint density at radius 3 is 2.56 bits per heavy atom. The van der Waals surface area contributed by atoms with Crippen molar-refractivity contribution in [2.45, 2.75) is 38.5 Å². The Labute approximate surface area is 216 Å². The molecule has 2 unspecified atom stereocenters. The average Bonchev–Trinajstić information content (AvgIpc) is 3.22. The molecular weight excluding hydrogens is 515 g/mol. The van der Waals surface area contributed by atoms with Gasteiger partial charge in [-0.05, 0) is 49.7 Å². The molecule has 2 aromatic carbocycles. The number of hydrogen-bond acceptors (Lipinski definition) is 7. The van der Waals surface area contributed by atoms with E-state index in [2.05, 4.69) is 28.6 Å². The van der Waals surface area contributed by atoms with Crippen LogP contribution in [-0.2, 0) is 22.1 Å². The van der Waals surface area contributed by atoms with Crippen LogP contribution in [0.25, 0.3) is 10.2 Å². The average molecular weight is 542 g/mol. The molecule has 0 aliphatic carbocycles. The third-order valence-electron chi connectivity index (χ3n) is 6.16. The molecule has 11 heteroatoms. The van der Waals surface area contributed by atoms with E-state index in [-0.39, 0.29) is 24.5 Å². The molecule has 2 heterocycles. The van der Waals surface area contributed by atoms with Crippen LogP contribution in [0.5, 0.6) is 5.75 Å². The number of anilines is 1. The quantitative estimate of drug-likeness (QED) is 0.360. The summed E-state index contributed by atoms with van der Waals surface area (Å²) in [4.78, 5) is 20.6. The molecule has 1 fully saturated rings. The second-order valence-electron chi connectivity index (χ2n) is 8.91. The van der Waals surface area contributed by atoms with Crippen LogP contribution < -0.4 is 9.64 Å². The summed E-state index contributed by atoms with van der Waals surface area (Å²) in [7, 11) is 1.35. The van der Waals surface area contributed by atoms with Crippen molar-refractivity contribution in [3.63, 3.8) is 0 Å². The van der Waals surface area contributed by atoms with Crippen LogP contribution in [0.15, 0.2) is 36.4 Å². The number of aromatic nitrogens is 1. The molecule has 0 spiro atoms. The molecule has 0 radical (unpaired) electrons. The van der Waals surface area contributed by atoms with E-state index >= 15 is 0 Å². The van der Waals surface area contributed by atoms with E-state index in [1.54, 1.807) is 18.2 Å². The number of halogens is 4. The molecule has 3 aromatic rings. The molecule has 0 saturated carbocycles. The number of ether oxygens (including phenoxy) is 2. The maximum absolute atomic E-state index is 13.1. The Bertz CT molecular complexity index is 1220. The maximum Gasteiger partial charge on any atom is 0.416 e. The first kappa shape index (κ1) is 26.5. The summed E-state index contributed by atoms with van der Waals surface area (Å²) in [5.74, 6) is 0.184. The molecule has 1 aromatic heterocycles. The van der Waals surface area contributed by atoms with Gasteiger partial charge in [0.05, 0.1) is 34.3 Å². The van der Waals surface area contributed by atoms with Gasteiger partial charge >= 0.3 is 12.1 Å². The second-order valence-corrected chi connectivity index (χ2v) is 10.3. The molecule has 1 saturated heterocycles. The minimum absolute atomic E-state index is 0.114. The van der Waals surface area contributed by atoms with Crippen LogP contribution in [0.1, 0.15) is 25.0 Å². The van der Waals surface area contributed by atoms with Crippen molar-refractivity contribution in [1.82, 2.24) is 9.88 Å². The highest BCUT2D eigenvalue weighted by Gasteiger charge is 2.33. The maximum atomic E-state index is 13.1. The Balaban J connectivity index is 1.37. The third kappa shape index (κ3) is 6.04. The molecule has 0 N–H and O–H groups in total. The van der Waals surface area contributed by atoms with E-state index in [4.69, 9.17) is 21.1 Å². The van der Waals surface area contributed by atoms with Crippen LogP contribution in [0.3, 0.4) is 0 Å². The molecule has 0 bridgehead atoms. The first-order chi connectivity index (χ1) is 17.0. The zero-order valence-electron chi connectivity index (χ0n) is 20.1. The first-order valence-electron chi connectivity index (χ1n) is 11.5. The van der Waals surface area contributed by atoms with Crippen molar-refractivity contribution >= 4 is 44.3 Å². The van der Waals surface area contributed by atoms with Gasteiger partial charge in [0.1, 0.15) is 12.4 Å². The molecule has 2 atom stereocenters. The highest BCUT2D eigenvalue weighted by molar-refractivity contribution is 7.22. The van der Waals surface area contributed by atoms with Crippen molar-refractivity contribution in [3.8, 4) is 5.75 Å². The van der Waals surface area contributed by atoms with Crippen molar-refractivity contribution in [2.75, 3.05) is 38.3 Å². The summed E-state index contributed by atoms with van der Waals surface area (Å²) in [5, 5.41) is 1.20. The van der Waals surface area contributed by atoms with Gasteiger partial charge in [-0.2, -0.15) is 13.2 Å². The van der Waals surface area contributed by atoms with Crippen LogP contribution in [0, 0.1) is 0 Å². The van der Waals surface area contributed by atoms with E-state index < -0.39 is 11.7 Å². The standard InChI is InChI=1S/C25H27ClF3N3O3S/c1-15-13-31(8-9-35-21-10-17(4-6-19(21)26)11-23(33)34-3)14-16(2)32(15)24-30-20-7-5-18(25(27,28)29)12-22(20)36-24/h4-7,10,12,15-16H,8-9,11,13-14H2,1-3H3. The number of carbonyl (C=O) groups is 1. The van der Waals surface area contributed by atoms with Crippen LogP contribution in [0.4, 0.5) is 18.3 Å². The van der Waals surface area contributed by atoms with Crippen molar-refractivity contribution < 1.29 is 27.4 Å². The third-order valence-corrected chi connectivity index (χ3v) is 7.50. The predicted molar refractivity (Wildman–Crippen MR) is 135 cm³/mol. The van der Waals surface area contributed by atoms with Crippen LogP contribution >= 0.6 is 22.9 Å². The minimum atomic E-state index is -4.38. The summed E-state index contributed by atoms with van der Waals surface area (Å²) < 4.78 is 50.4. The fraction of sp³-hybridized carbons (Fsp3) is 0.440. The number of carbonyl (C=O) groups excluding carboxylic acids is 1. The van der Waals surface area contributed by atoms with Gasteiger partial charge in [0.25, 0.3) is 0 Å². The first-order valence-corrected chi connectivity index (χ1v) is 12.7. The van der Waals surface area contributed by atoms with E-state index in [0.717, 1.165) is 29.9 Å². The highest BCUT2D eigenvalue weighted by Crippen LogP contribution is 2.37. The smallest absolute Gasteiger partial charge is 0.416 e. The summed E-state index contributed by atoms with van der Waals surface area (Å²) in [5.41, 5.74) is 0.673. The molecule has 36 heavy (non-hydrogen) atoms. The SMILES string of the molecule is COC(=O)Cc1ccc(Cl)c(OCCN2CC(C)N(c3nc4ccc(C(F)(F)F)cc4s3)C(C)C2)c1. The van der Waals surface area contributed by atoms with Crippen molar-refractivity contribution in [1.29, 1.82) is 0 Å². The minimum Gasteiger partial charge on any atom is -0.491 e. The van der Waals surface area contributed by atoms with Crippen LogP contribution in [-0.4, -0.2) is 61.3 Å². The second kappa shape index (κ2) is 10.8. The van der Waals surface area contributed by atoms with Gasteiger partial charge in [-0.25, -0.2) is 4.98 Å². The van der Waals surface area contributed by atoms with E-state index in [1.165, 1.54) is 30.6 Å². The van der Waals surface area contributed by atoms with E-state index in [9.17, 15) is 18.0 Å². The Morgan fingerprint density at radius 2 is 1.89 bits per heavy atom. The molecule has 194 valence electrons. The normalized spacial score (nSPS) is 19.0. The van der Waals surface area contributed by atoms with Crippen molar-refractivity contribution in [2.24, 2.45) is 0 Å². The van der Waals surface area contributed by atoms with Gasteiger partial charge in [0.2, 0.25) is 0 Å². The summed E-state index contributed by atoms with van der Waals surface area (Å²) in [6.07, 6.45) is -4.23. The highest BCUT2D eigenvalue weighted by atomic mass is 35.5. The summed E-state index contributed by atoms with van der Waals surface area (Å²) >= 11 is 7.55. The van der Waals surface area contributed by atoms with Gasteiger partial charge in [0, 0.05) is 31.7 Å². The van der Waals surface area contributed by atoms with Gasteiger partial charge < -0.3 is 14.4 Å². The molecule has 4 rings (SSSR count). The summed E-state index contributed by atoms with van der Waals surface area (Å²) in [6.45, 7) is 6.78. The number of rotatable bonds is 7. The van der Waals surface area contributed by atoms with Crippen molar-refractivity contribution in [3.05, 3.63) is 52.5 Å². The zero-order valence-corrected chi connectivity index (χ0v) is 21.7. The molecule has 0 amide bonds. The van der Waals surface area contributed by atoms with Crippen LogP contribution in [0.2, 0.25) is 5.02 Å². The van der Waals surface area contributed by atoms with E-state index in [0.29, 0.717) is 34.1 Å². The zero-order chi connectivity index (χ0) is 26.0. The number of esters is 1. The van der Waals surface area contributed by atoms with E-state index in [1.807, 2.05) is 0 Å². The number of nitrogens with zero attached hydrogens (tertiary/aromatic N) is 3. The molecule has 1 aliphatic heterocycles. The Morgan fingerprint density at radius 1 is 1.17 bits per heavy atom. The Kier molecular flexibility index (Phi) is 7.96. The predicted octanol–water partition coefficient (Wildman–Crippen LogP) is 5.66. The lowest BCUT2D eigenvalue weighted by Gasteiger charge is -2.44.